The highest BCUT2D eigenvalue weighted by atomic mass is 16.3. The van der Waals surface area contributed by atoms with Gasteiger partial charge in [0.15, 0.2) is 0 Å². The van der Waals surface area contributed by atoms with Crippen molar-refractivity contribution in [2.24, 2.45) is 0 Å². The summed E-state index contributed by atoms with van der Waals surface area (Å²) in [4.78, 5) is 2.64. The molecule has 3 heteroatoms. The molecule has 0 aromatic heterocycles. The van der Waals surface area contributed by atoms with E-state index in [-0.39, 0.29) is 0 Å². The minimum atomic E-state index is 0.347. The monoisotopic (exact) mass is 260 g/mol. The summed E-state index contributed by atoms with van der Waals surface area (Å²) in [5.74, 6) is 0.347. The number of likely N-dealkylation sites (tertiary alicyclic amines) is 1. The Labute approximate surface area is 115 Å². The maximum Gasteiger partial charge on any atom is 0.115 e. The molecular formula is C16H24N2O. The first-order chi connectivity index (χ1) is 9.20. The van der Waals surface area contributed by atoms with E-state index in [1.807, 2.05) is 12.1 Å². The van der Waals surface area contributed by atoms with Gasteiger partial charge in [0.2, 0.25) is 0 Å². The van der Waals surface area contributed by atoms with E-state index in [1.165, 1.54) is 37.9 Å². The fraction of sp³-hybridized carbons (Fsp3) is 0.625. The molecular weight excluding hydrogens is 236 g/mol. The summed E-state index contributed by atoms with van der Waals surface area (Å²) in [6, 6.07) is 9.62. The molecule has 104 valence electrons. The van der Waals surface area contributed by atoms with Crippen molar-refractivity contribution in [3.8, 4) is 5.75 Å². The minimum Gasteiger partial charge on any atom is -0.508 e. The number of nitrogens with zero attached hydrogens (tertiary/aromatic N) is 1. The van der Waals surface area contributed by atoms with Crippen LogP contribution in [0.3, 0.4) is 0 Å². The Balaban J connectivity index is 1.45. The molecule has 0 amide bonds. The topological polar surface area (TPSA) is 35.5 Å². The number of hydrogen-bond donors (Lipinski definition) is 2. The molecule has 1 saturated heterocycles. The highest BCUT2D eigenvalue weighted by Crippen LogP contribution is 2.29. The molecule has 0 spiro atoms. The molecule has 0 bridgehead atoms. The van der Waals surface area contributed by atoms with Gasteiger partial charge in [-0.3, -0.25) is 4.90 Å². The largest absolute Gasteiger partial charge is 0.508 e. The zero-order valence-electron chi connectivity index (χ0n) is 11.7. The third-order valence-corrected chi connectivity index (χ3v) is 4.28. The lowest BCUT2D eigenvalue weighted by Crippen LogP contribution is -2.39. The van der Waals surface area contributed by atoms with Crippen molar-refractivity contribution in [2.75, 3.05) is 13.1 Å². The van der Waals surface area contributed by atoms with Gasteiger partial charge in [-0.05, 0) is 50.3 Å². The number of phenols is 1. The van der Waals surface area contributed by atoms with Gasteiger partial charge >= 0.3 is 0 Å². The van der Waals surface area contributed by atoms with Crippen molar-refractivity contribution in [1.82, 2.24) is 10.2 Å². The number of benzene rings is 1. The Morgan fingerprint density at radius 2 is 2.00 bits per heavy atom. The normalized spacial score (nSPS) is 25.6. The molecule has 2 atom stereocenters. The molecule has 0 radical (unpaired) electrons. The van der Waals surface area contributed by atoms with Crippen LogP contribution in [0.4, 0.5) is 0 Å². The van der Waals surface area contributed by atoms with Gasteiger partial charge in [-0.1, -0.05) is 12.1 Å². The van der Waals surface area contributed by atoms with Gasteiger partial charge in [-0.15, -0.1) is 0 Å². The summed E-state index contributed by atoms with van der Waals surface area (Å²) >= 11 is 0. The van der Waals surface area contributed by atoms with Gasteiger partial charge in [0.25, 0.3) is 0 Å². The van der Waals surface area contributed by atoms with Crippen LogP contribution >= 0.6 is 0 Å². The predicted octanol–water partition coefficient (Wildman–Crippen LogP) is 2.15. The van der Waals surface area contributed by atoms with E-state index >= 15 is 0 Å². The highest BCUT2D eigenvalue weighted by Gasteiger charge is 2.34. The van der Waals surface area contributed by atoms with Crippen LogP contribution in [0, 0.1) is 0 Å². The van der Waals surface area contributed by atoms with Crippen LogP contribution in [0.25, 0.3) is 0 Å². The summed E-state index contributed by atoms with van der Waals surface area (Å²) in [6.45, 7) is 4.76. The third kappa shape index (κ3) is 3.48. The number of nitrogens with one attached hydrogen (secondary N) is 1. The molecule has 1 heterocycles. The number of hydrogen-bond acceptors (Lipinski definition) is 3. The molecule has 2 N–H and O–H groups in total. The average molecular weight is 260 g/mol. The van der Waals surface area contributed by atoms with Crippen LogP contribution < -0.4 is 5.32 Å². The van der Waals surface area contributed by atoms with Crippen LogP contribution in [0.15, 0.2) is 24.3 Å². The quantitative estimate of drug-likeness (QED) is 0.851. The van der Waals surface area contributed by atoms with Crippen molar-refractivity contribution in [3.05, 3.63) is 29.8 Å². The van der Waals surface area contributed by atoms with Gasteiger partial charge in [0.1, 0.15) is 5.75 Å². The molecule has 19 heavy (non-hydrogen) atoms. The Kier molecular flexibility index (Phi) is 3.76. The van der Waals surface area contributed by atoms with Gasteiger partial charge in [-0.25, -0.2) is 0 Å². The second-order valence-electron chi connectivity index (χ2n) is 6.15. The van der Waals surface area contributed by atoms with E-state index in [2.05, 4.69) is 17.1 Å². The second-order valence-corrected chi connectivity index (χ2v) is 6.15. The first-order valence-corrected chi connectivity index (χ1v) is 7.49. The van der Waals surface area contributed by atoms with Crippen molar-refractivity contribution < 1.29 is 5.11 Å². The van der Waals surface area contributed by atoms with E-state index in [4.69, 9.17) is 0 Å². The van der Waals surface area contributed by atoms with Crippen molar-refractivity contribution in [3.63, 3.8) is 0 Å². The van der Waals surface area contributed by atoms with Gasteiger partial charge in [0.05, 0.1) is 0 Å². The average Bonchev–Trinajstić information content (AvgIpc) is 3.14. The molecule has 1 aliphatic carbocycles. The molecule has 2 aliphatic rings. The summed E-state index contributed by atoms with van der Waals surface area (Å²) in [7, 11) is 0. The SMILES string of the molecule is CC(Cc1ccc(O)cc1)NC1CCN(C2CC2)C1. The van der Waals surface area contributed by atoms with E-state index in [9.17, 15) is 5.11 Å². The van der Waals surface area contributed by atoms with Crippen molar-refractivity contribution in [2.45, 2.75) is 50.7 Å². The smallest absolute Gasteiger partial charge is 0.115 e. The Bertz CT molecular complexity index is 413. The molecule has 1 aliphatic heterocycles. The van der Waals surface area contributed by atoms with Crippen LogP contribution in [0.5, 0.6) is 5.75 Å². The van der Waals surface area contributed by atoms with Crippen LogP contribution in [0.2, 0.25) is 0 Å². The molecule has 1 aromatic rings. The van der Waals surface area contributed by atoms with E-state index in [1.54, 1.807) is 12.1 Å². The maximum atomic E-state index is 9.29. The predicted molar refractivity (Wildman–Crippen MR) is 77.4 cm³/mol. The molecule has 3 rings (SSSR count). The molecule has 2 unspecified atom stereocenters. The van der Waals surface area contributed by atoms with E-state index in [0.717, 1.165) is 12.5 Å². The standard InChI is InChI=1S/C16H24N2O/c1-12(10-13-2-6-16(19)7-3-13)17-14-8-9-18(11-14)15-4-5-15/h2-3,6-7,12,14-15,17,19H,4-5,8-11H2,1H3. The van der Waals surface area contributed by atoms with Gasteiger partial charge < -0.3 is 10.4 Å². The summed E-state index contributed by atoms with van der Waals surface area (Å²) in [5.41, 5.74) is 1.29. The zero-order valence-corrected chi connectivity index (χ0v) is 11.7. The Morgan fingerprint density at radius 1 is 1.26 bits per heavy atom. The maximum absolute atomic E-state index is 9.29. The minimum absolute atomic E-state index is 0.347. The summed E-state index contributed by atoms with van der Waals surface area (Å²) in [6.07, 6.45) is 5.14. The van der Waals surface area contributed by atoms with Crippen LogP contribution in [0.1, 0.15) is 31.7 Å². The summed E-state index contributed by atoms with van der Waals surface area (Å²) < 4.78 is 0. The number of phenolic OH excluding ortho intramolecular Hbond substituents is 1. The zero-order chi connectivity index (χ0) is 13.2. The Morgan fingerprint density at radius 3 is 2.68 bits per heavy atom. The van der Waals surface area contributed by atoms with E-state index < -0.39 is 0 Å². The molecule has 3 nitrogen and oxygen atoms in total. The second kappa shape index (κ2) is 5.51. The van der Waals surface area contributed by atoms with Crippen LogP contribution in [-0.4, -0.2) is 41.2 Å². The fourth-order valence-corrected chi connectivity index (χ4v) is 3.14. The van der Waals surface area contributed by atoms with E-state index in [0.29, 0.717) is 17.8 Å². The molecule has 1 saturated carbocycles. The number of aromatic hydroxyl groups is 1. The van der Waals surface area contributed by atoms with Crippen molar-refractivity contribution in [1.29, 1.82) is 0 Å². The van der Waals surface area contributed by atoms with Crippen LogP contribution in [-0.2, 0) is 6.42 Å². The highest BCUT2D eigenvalue weighted by molar-refractivity contribution is 5.26. The third-order valence-electron chi connectivity index (χ3n) is 4.28. The van der Waals surface area contributed by atoms with Crippen molar-refractivity contribution >= 4 is 0 Å². The van der Waals surface area contributed by atoms with Gasteiger partial charge in [-0.2, -0.15) is 0 Å². The van der Waals surface area contributed by atoms with Gasteiger partial charge in [0, 0.05) is 31.2 Å². The fourth-order valence-electron chi connectivity index (χ4n) is 3.14. The number of rotatable bonds is 5. The lowest BCUT2D eigenvalue weighted by atomic mass is 10.1. The lowest BCUT2D eigenvalue weighted by molar-refractivity contribution is 0.313. The molecule has 2 fully saturated rings. The molecule has 1 aromatic carbocycles. The summed E-state index contributed by atoms with van der Waals surface area (Å²) in [5, 5.41) is 13.0. The lowest BCUT2D eigenvalue weighted by Gasteiger charge is -2.20. The first-order valence-electron chi connectivity index (χ1n) is 7.49. The Hall–Kier alpha value is -1.06. The first kappa shape index (κ1) is 12.9.